The molecule has 0 aliphatic carbocycles. The Morgan fingerprint density at radius 2 is 1.71 bits per heavy atom. The molecule has 0 aromatic heterocycles. The van der Waals surface area contributed by atoms with Gasteiger partial charge >= 0.3 is 5.69 Å². The molecule has 0 radical (unpaired) electrons. The minimum absolute atomic E-state index is 0. The van der Waals surface area contributed by atoms with Crippen LogP contribution in [0.3, 0.4) is 0 Å². The summed E-state index contributed by atoms with van der Waals surface area (Å²) in [5, 5.41) is 30.1. The Hall–Kier alpha value is -2.75. The van der Waals surface area contributed by atoms with Crippen LogP contribution in [-0.2, 0) is 0 Å². The van der Waals surface area contributed by atoms with Crippen LogP contribution in [0.2, 0.25) is 0 Å². The van der Waals surface area contributed by atoms with Gasteiger partial charge in [0.1, 0.15) is 5.75 Å². The molecule has 11 heteroatoms. The largest absolute Gasteiger partial charge is 0.504 e. The van der Waals surface area contributed by atoms with E-state index >= 15 is 0 Å². The normalized spacial score (nSPS) is 13.6. The first-order chi connectivity index (χ1) is 13.9. The minimum Gasteiger partial charge on any atom is -0.504 e. The van der Waals surface area contributed by atoms with E-state index in [2.05, 4.69) is 9.80 Å². The van der Waals surface area contributed by atoms with Gasteiger partial charge < -0.3 is 19.8 Å². The fraction of sp³-hybridized carbons (Fsp3) is 0.350. The smallest absolute Gasteiger partial charge is 0.315 e. The summed E-state index contributed by atoms with van der Waals surface area (Å²) in [7, 11) is 1.63. The Balaban J connectivity index is 0.00000240. The molecule has 0 atom stereocenters. The third-order valence-electron chi connectivity index (χ3n) is 5.05. The summed E-state index contributed by atoms with van der Waals surface area (Å²) in [6.45, 7) is 3.75. The number of carbonyl (C=O) groups excluding carboxylic acids is 1. The average Bonchev–Trinajstić information content (AvgIpc) is 2.74. The molecule has 0 spiro atoms. The number of Topliss-reactive ketones (excluding diaryl/α,β-unsaturated/α-hetero) is 1. The fourth-order valence-corrected chi connectivity index (χ4v) is 3.33. The van der Waals surface area contributed by atoms with Crippen LogP contribution in [0.5, 0.6) is 17.2 Å². The molecule has 0 unspecified atom stereocenters. The number of nitro groups is 1. The number of phenolic OH excluding ortho intramolecular Hbond substituents is 2. The second-order valence-electron chi connectivity index (χ2n) is 6.82. The number of hydrogen-bond acceptors (Lipinski definition) is 8. The summed E-state index contributed by atoms with van der Waals surface area (Å²) < 4.78 is 5.17. The first-order valence-corrected chi connectivity index (χ1v) is 9.24. The highest BCUT2D eigenvalue weighted by Crippen LogP contribution is 2.36. The number of halogens is 2. The Kier molecular flexibility index (Phi) is 9.83. The Labute approximate surface area is 192 Å². The van der Waals surface area contributed by atoms with Gasteiger partial charge in [-0.3, -0.25) is 19.8 Å². The van der Waals surface area contributed by atoms with Gasteiger partial charge in [-0.2, -0.15) is 0 Å². The van der Waals surface area contributed by atoms with E-state index in [9.17, 15) is 25.1 Å². The van der Waals surface area contributed by atoms with E-state index in [1.807, 2.05) is 24.3 Å². The molecular weight excluding hydrogens is 449 g/mol. The van der Waals surface area contributed by atoms with Crippen LogP contribution in [0, 0.1) is 10.1 Å². The van der Waals surface area contributed by atoms with Crippen LogP contribution in [0.1, 0.15) is 16.8 Å². The lowest BCUT2D eigenvalue weighted by molar-refractivity contribution is -0.386. The number of ether oxygens (including phenoxy) is 1. The molecule has 0 bridgehead atoms. The maximum Gasteiger partial charge on any atom is 0.315 e. The molecule has 0 amide bonds. The van der Waals surface area contributed by atoms with Crippen molar-refractivity contribution in [3.63, 3.8) is 0 Å². The zero-order valence-electron chi connectivity index (χ0n) is 16.9. The number of ketones is 1. The Bertz CT molecular complexity index is 903. The zero-order chi connectivity index (χ0) is 21.0. The molecule has 1 fully saturated rings. The molecule has 1 aliphatic rings. The van der Waals surface area contributed by atoms with Crippen LogP contribution in [0.25, 0.3) is 0 Å². The third kappa shape index (κ3) is 6.36. The number of nitro benzene ring substituents is 1. The van der Waals surface area contributed by atoms with E-state index in [1.54, 1.807) is 7.11 Å². The summed E-state index contributed by atoms with van der Waals surface area (Å²) in [5.74, 6) is -1.01. The van der Waals surface area contributed by atoms with Gasteiger partial charge in [0, 0.05) is 56.5 Å². The quantitative estimate of drug-likeness (QED) is 0.272. The predicted molar refractivity (Wildman–Crippen MR) is 122 cm³/mol. The second-order valence-corrected chi connectivity index (χ2v) is 6.82. The first-order valence-electron chi connectivity index (χ1n) is 9.24. The van der Waals surface area contributed by atoms with Gasteiger partial charge in [0.25, 0.3) is 0 Å². The highest BCUT2D eigenvalue weighted by molar-refractivity contribution is 5.97. The predicted octanol–water partition coefficient (Wildman–Crippen LogP) is 3.25. The van der Waals surface area contributed by atoms with Crippen LogP contribution in [-0.4, -0.2) is 65.7 Å². The lowest BCUT2D eigenvalue weighted by atomic mass is 10.1. The maximum atomic E-state index is 12.4. The van der Waals surface area contributed by atoms with E-state index < -0.39 is 22.1 Å². The minimum atomic E-state index is -0.832. The van der Waals surface area contributed by atoms with Gasteiger partial charge in [-0.05, 0) is 30.3 Å². The number of hydrogen-bond donors (Lipinski definition) is 2. The van der Waals surface area contributed by atoms with Gasteiger partial charge in [-0.1, -0.05) is 0 Å². The number of methoxy groups -OCH3 is 1. The monoisotopic (exact) mass is 473 g/mol. The molecular formula is C20H25Cl2N3O6. The summed E-state index contributed by atoms with van der Waals surface area (Å²) in [4.78, 5) is 26.9. The SMILES string of the molecule is COc1ccc(N2CCN(CCC(=O)c3cc(O)c(O)c([N+](=O)[O-])c3)CC2)cc1.Cl.Cl. The van der Waals surface area contributed by atoms with E-state index in [0.717, 1.165) is 49.7 Å². The lowest BCUT2D eigenvalue weighted by Gasteiger charge is -2.36. The Morgan fingerprint density at radius 3 is 2.26 bits per heavy atom. The molecule has 2 aromatic rings. The number of anilines is 1. The average molecular weight is 474 g/mol. The Morgan fingerprint density at radius 1 is 1.10 bits per heavy atom. The number of aromatic hydroxyl groups is 2. The van der Waals surface area contributed by atoms with E-state index in [1.165, 1.54) is 0 Å². The van der Waals surface area contributed by atoms with Crippen LogP contribution >= 0.6 is 24.8 Å². The number of rotatable bonds is 7. The van der Waals surface area contributed by atoms with Crippen molar-refractivity contribution in [3.05, 3.63) is 52.1 Å². The van der Waals surface area contributed by atoms with Crippen molar-refractivity contribution in [2.24, 2.45) is 0 Å². The fourth-order valence-electron chi connectivity index (χ4n) is 3.33. The van der Waals surface area contributed by atoms with Crippen molar-refractivity contribution >= 4 is 42.0 Å². The standard InChI is InChI=1S/C20H23N3O6.2ClH/c1-29-16-4-2-15(3-5-16)22-10-8-21(9-11-22)7-6-18(24)14-12-17(23(27)28)20(26)19(25)13-14;;/h2-5,12-13,25-26H,6-11H2,1H3;2*1H. The third-order valence-corrected chi connectivity index (χ3v) is 5.05. The molecule has 2 aromatic carbocycles. The highest BCUT2D eigenvalue weighted by atomic mass is 35.5. The van der Waals surface area contributed by atoms with Crippen LogP contribution in [0.4, 0.5) is 11.4 Å². The number of phenols is 2. The summed E-state index contributed by atoms with van der Waals surface area (Å²) >= 11 is 0. The van der Waals surface area contributed by atoms with Gasteiger partial charge in [-0.25, -0.2) is 0 Å². The van der Waals surface area contributed by atoms with Gasteiger partial charge in [0.05, 0.1) is 12.0 Å². The number of carbonyl (C=O) groups is 1. The van der Waals surface area contributed by atoms with Gasteiger partial charge in [0.2, 0.25) is 5.75 Å². The van der Waals surface area contributed by atoms with Gasteiger partial charge in [-0.15, -0.1) is 24.8 Å². The molecule has 3 rings (SSSR count). The van der Waals surface area contributed by atoms with Crippen molar-refractivity contribution in [2.45, 2.75) is 6.42 Å². The molecule has 1 heterocycles. The molecule has 2 N–H and O–H groups in total. The van der Waals surface area contributed by atoms with Crippen LogP contribution < -0.4 is 9.64 Å². The molecule has 9 nitrogen and oxygen atoms in total. The molecule has 31 heavy (non-hydrogen) atoms. The second kappa shape index (κ2) is 11.6. The molecule has 170 valence electrons. The van der Waals surface area contributed by atoms with Crippen LogP contribution in [0.15, 0.2) is 36.4 Å². The summed E-state index contributed by atoms with van der Waals surface area (Å²) in [6, 6.07) is 9.94. The zero-order valence-corrected chi connectivity index (χ0v) is 18.5. The summed E-state index contributed by atoms with van der Waals surface area (Å²) in [5.41, 5.74) is 0.457. The van der Waals surface area contributed by atoms with Crippen molar-refractivity contribution in [3.8, 4) is 17.2 Å². The van der Waals surface area contributed by atoms with E-state index in [0.29, 0.717) is 6.54 Å². The maximum absolute atomic E-state index is 12.4. The topological polar surface area (TPSA) is 116 Å². The van der Waals surface area contributed by atoms with Gasteiger partial charge in [0.15, 0.2) is 11.5 Å². The van der Waals surface area contributed by atoms with E-state index in [-0.39, 0.29) is 42.6 Å². The molecule has 1 saturated heterocycles. The molecule has 1 aliphatic heterocycles. The number of benzene rings is 2. The van der Waals surface area contributed by atoms with E-state index in [4.69, 9.17) is 4.74 Å². The van der Waals surface area contributed by atoms with Crippen molar-refractivity contribution in [1.82, 2.24) is 4.90 Å². The summed E-state index contributed by atoms with van der Waals surface area (Å²) in [6.07, 6.45) is 0.171. The van der Waals surface area contributed by atoms with Crippen molar-refractivity contribution < 1.29 is 24.7 Å². The van der Waals surface area contributed by atoms with Crippen molar-refractivity contribution in [2.75, 3.05) is 44.7 Å². The first kappa shape index (κ1) is 26.3. The number of nitrogens with zero attached hydrogens (tertiary/aromatic N) is 3. The number of piperazine rings is 1. The highest BCUT2D eigenvalue weighted by Gasteiger charge is 2.23. The molecule has 0 saturated carbocycles. The van der Waals surface area contributed by atoms with Crippen molar-refractivity contribution in [1.29, 1.82) is 0 Å². The lowest BCUT2D eigenvalue weighted by Crippen LogP contribution is -2.46.